The molecular weight excluding hydrogens is 695 g/mol. The van der Waals surface area contributed by atoms with Crippen LogP contribution in [0.5, 0.6) is 0 Å². The first-order chi connectivity index (χ1) is 22.4. The van der Waals surface area contributed by atoms with Gasteiger partial charge in [-0.05, 0) is 0 Å². The van der Waals surface area contributed by atoms with E-state index < -0.39 is 46.4 Å². The number of hydrogen-bond donors (Lipinski definition) is 4. The number of thiol groups is 4. The Labute approximate surface area is 294 Å². The van der Waals surface area contributed by atoms with Gasteiger partial charge in [-0.25, -0.2) is 28.1 Å². The summed E-state index contributed by atoms with van der Waals surface area (Å²) < 4.78 is 23.7. The highest BCUT2D eigenvalue weighted by molar-refractivity contribution is 7.80. The minimum atomic E-state index is -1.25. The summed E-state index contributed by atoms with van der Waals surface area (Å²) in [6.07, 6.45) is 4.53. The molecule has 14 nitrogen and oxygen atoms in total. The smallest absolute Gasteiger partial charge is 0.336 e. The molecule has 0 bridgehead atoms. The first-order valence-electron chi connectivity index (χ1n) is 14.2. The molecule has 0 radical (unpaired) electrons. The average molecular weight is 738 g/mol. The molecule has 0 aliphatic heterocycles. The van der Waals surface area contributed by atoms with Gasteiger partial charge in [-0.2, -0.15) is 50.5 Å². The first-order valence-corrected chi connectivity index (χ1v) is 16.8. The molecule has 0 atom stereocenters. The maximum absolute atomic E-state index is 11.9. The van der Waals surface area contributed by atoms with Crippen LogP contribution in [-0.2, 0) is 57.8 Å². The number of carbonyl (C=O) groups excluding carboxylic acids is 4. The molecule has 47 heavy (non-hydrogen) atoms. The van der Waals surface area contributed by atoms with E-state index in [4.69, 9.17) is 18.9 Å². The molecule has 1 heterocycles. The summed E-state index contributed by atoms with van der Waals surface area (Å²) in [6.45, 7) is 9.45. The van der Waals surface area contributed by atoms with Crippen LogP contribution in [0.2, 0.25) is 0 Å². The van der Waals surface area contributed by atoms with E-state index in [1.807, 2.05) is 0 Å². The van der Waals surface area contributed by atoms with E-state index in [0.29, 0.717) is 0 Å². The van der Waals surface area contributed by atoms with Crippen molar-refractivity contribution < 1.29 is 38.1 Å². The van der Waals surface area contributed by atoms with E-state index in [-0.39, 0.29) is 94.8 Å². The van der Waals surface area contributed by atoms with Crippen molar-refractivity contribution in [1.29, 1.82) is 0 Å². The van der Waals surface area contributed by atoms with Crippen LogP contribution < -0.4 is 17.1 Å². The van der Waals surface area contributed by atoms with E-state index in [9.17, 15) is 33.6 Å². The van der Waals surface area contributed by atoms with Crippen molar-refractivity contribution >= 4 is 74.4 Å². The first kappa shape index (κ1) is 43.9. The third-order valence-electron chi connectivity index (χ3n) is 5.74. The number of allylic oxidation sites excluding steroid dienone is 3. The Morgan fingerprint density at radius 2 is 0.723 bits per heavy atom. The minimum Gasteiger partial charge on any atom is -0.465 e. The van der Waals surface area contributed by atoms with Gasteiger partial charge in [0.15, 0.2) is 0 Å². The Balaban J connectivity index is 0.00000100. The molecule has 0 fully saturated rings. The molecule has 0 aliphatic carbocycles. The zero-order chi connectivity index (χ0) is 35.8. The van der Waals surface area contributed by atoms with Crippen LogP contribution in [0.1, 0.15) is 25.7 Å². The van der Waals surface area contributed by atoms with E-state index in [1.54, 1.807) is 0 Å². The summed E-state index contributed by atoms with van der Waals surface area (Å²) in [7, 11) is 0. The Kier molecular flexibility index (Phi) is 23.4. The molecule has 0 spiro atoms. The molecule has 0 aliphatic rings. The summed E-state index contributed by atoms with van der Waals surface area (Å²) in [4.78, 5) is 83.0. The third-order valence-corrected chi connectivity index (χ3v) is 6.64. The fraction of sp³-hybridized carbons (Fsp3) is 0.552. The Bertz CT molecular complexity index is 1170. The summed E-state index contributed by atoms with van der Waals surface area (Å²) in [5.41, 5.74) is -3.24. The van der Waals surface area contributed by atoms with Gasteiger partial charge in [0.05, 0.1) is 45.3 Å². The number of rotatable bonds is 22. The quantitative estimate of drug-likeness (QED) is 0.0583. The van der Waals surface area contributed by atoms with Gasteiger partial charge in [-0.3, -0.25) is 19.2 Å². The summed E-state index contributed by atoms with van der Waals surface area (Å²) in [5.74, 6) is -0.978. The summed E-state index contributed by atoms with van der Waals surface area (Å²) >= 11 is 15.9. The van der Waals surface area contributed by atoms with Gasteiger partial charge in [0.25, 0.3) is 0 Å². The lowest BCUT2D eigenvalue weighted by atomic mass is 9.92. The van der Waals surface area contributed by atoms with Crippen molar-refractivity contribution in [1.82, 2.24) is 13.7 Å². The lowest BCUT2D eigenvalue weighted by molar-refractivity contribution is -0.170. The standard InChI is InChI=1S/C17H28O8S4.C12H15N3O3/c18-13(1-5-26)22-9-17(10-23-14(19)2-6-27,11-24-15(20)3-7-28)12-25-16(21)4-8-29;1-4-7-13-10(16)14(8-5-2)12(18)15(9-6-3)11(13)17/h26-29H,1-12H2;4-6H,1-3,7-9H2. The molecule has 1 aromatic heterocycles. The zero-order valence-electron chi connectivity index (χ0n) is 26.1. The largest absolute Gasteiger partial charge is 0.465 e. The van der Waals surface area contributed by atoms with Crippen molar-refractivity contribution in [3.63, 3.8) is 0 Å². The Hall–Kier alpha value is -3.09. The monoisotopic (exact) mass is 737 g/mol. The average Bonchev–Trinajstić information content (AvgIpc) is 3.03. The molecule has 0 aromatic carbocycles. The van der Waals surface area contributed by atoms with Gasteiger partial charge in [-0.1, -0.05) is 18.2 Å². The number of aromatic nitrogens is 3. The van der Waals surface area contributed by atoms with Crippen molar-refractivity contribution in [2.75, 3.05) is 49.4 Å². The minimum absolute atomic E-state index is 0.0478. The zero-order valence-corrected chi connectivity index (χ0v) is 29.7. The molecule has 18 heteroatoms. The molecule has 0 unspecified atom stereocenters. The van der Waals surface area contributed by atoms with Crippen LogP contribution in [0.3, 0.4) is 0 Å². The van der Waals surface area contributed by atoms with E-state index in [1.165, 1.54) is 18.2 Å². The highest BCUT2D eigenvalue weighted by Crippen LogP contribution is 2.22. The highest BCUT2D eigenvalue weighted by Gasteiger charge is 2.37. The van der Waals surface area contributed by atoms with Crippen LogP contribution in [0, 0.1) is 5.41 Å². The molecule has 1 rings (SSSR count). The normalized spacial score (nSPS) is 10.6. The molecule has 0 saturated heterocycles. The molecule has 264 valence electrons. The number of nitrogens with zero attached hydrogens (tertiary/aromatic N) is 3. The van der Waals surface area contributed by atoms with Gasteiger partial charge < -0.3 is 18.9 Å². The summed E-state index contributed by atoms with van der Waals surface area (Å²) in [5, 5.41) is 0. The van der Waals surface area contributed by atoms with Gasteiger partial charge in [0, 0.05) is 23.0 Å². The number of esters is 4. The second-order valence-corrected chi connectivity index (χ2v) is 11.4. The topological polar surface area (TPSA) is 171 Å². The number of ether oxygens (including phenoxy) is 4. The highest BCUT2D eigenvalue weighted by atomic mass is 32.1. The number of carbonyl (C=O) groups is 4. The van der Waals surface area contributed by atoms with Crippen molar-refractivity contribution in [3.8, 4) is 0 Å². The lowest BCUT2D eigenvalue weighted by Gasteiger charge is -2.31. The third kappa shape index (κ3) is 16.5. The van der Waals surface area contributed by atoms with Crippen molar-refractivity contribution in [2.24, 2.45) is 5.41 Å². The Morgan fingerprint density at radius 3 is 0.894 bits per heavy atom. The van der Waals surface area contributed by atoms with Crippen LogP contribution >= 0.6 is 50.5 Å². The van der Waals surface area contributed by atoms with Gasteiger partial charge in [0.1, 0.15) is 31.8 Å². The van der Waals surface area contributed by atoms with E-state index in [0.717, 1.165) is 13.7 Å². The van der Waals surface area contributed by atoms with Crippen molar-refractivity contribution in [2.45, 2.75) is 45.3 Å². The molecule has 1 aromatic rings. The SMILES string of the molecule is C=CCn1c(=O)n(CC=C)c(=O)n(CC=C)c1=O.O=C(CCS)OCC(COC(=O)CCS)(COC(=O)CCS)COC(=O)CCS. The lowest BCUT2D eigenvalue weighted by Crippen LogP contribution is -2.54. The molecular formula is C29H43N3O11S4. The maximum Gasteiger partial charge on any atom is 0.336 e. The predicted octanol–water partition coefficient (Wildman–Crippen LogP) is 1.15. The van der Waals surface area contributed by atoms with Crippen molar-refractivity contribution in [3.05, 3.63) is 69.4 Å². The molecule has 0 N–H and O–H groups in total. The summed E-state index contributed by atoms with van der Waals surface area (Å²) in [6, 6.07) is 0. The van der Waals surface area contributed by atoms with Crippen LogP contribution in [-0.4, -0.2) is 87.0 Å². The maximum atomic E-state index is 11.9. The fourth-order valence-electron chi connectivity index (χ4n) is 3.38. The fourth-order valence-corrected chi connectivity index (χ4v) is 4.11. The van der Waals surface area contributed by atoms with Crippen LogP contribution in [0.15, 0.2) is 52.3 Å². The molecule has 0 saturated carbocycles. The van der Waals surface area contributed by atoms with Crippen LogP contribution in [0.25, 0.3) is 0 Å². The predicted molar refractivity (Wildman–Crippen MR) is 190 cm³/mol. The van der Waals surface area contributed by atoms with E-state index >= 15 is 0 Å². The second kappa shape index (κ2) is 25.0. The van der Waals surface area contributed by atoms with Gasteiger partial charge >= 0.3 is 40.9 Å². The van der Waals surface area contributed by atoms with Gasteiger partial charge in [-0.15, -0.1) is 19.7 Å². The second-order valence-electron chi connectivity index (χ2n) is 9.58. The van der Waals surface area contributed by atoms with Crippen LogP contribution in [0.4, 0.5) is 0 Å². The number of hydrogen-bond acceptors (Lipinski definition) is 15. The van der Waals surface area contributed by atoms with Gasteiger partial charge in [0.2, 0.25) is 0 Å². The van der Waals surface area contributed by atoms with E-state index in [2.05, 4.69) is 70.3 Å². The Morgan fingerprint density at radius 1 is 0.511 bits per heavy atom. The molecule has 0 amide bonds.